The Labute approximate surface area is 189 Å². The van der Waals surface area contributed by atoms with E-state index in [9.17, 15) is 9.18 Å². The van der Waals surface area contributed by atoms with E-state index in [1.807, 2.05) is 35.2 Å². The third-order valence-corrected chi connectivity index (χ3v) is 6.29. The minimum atomic E-state index is -0.221. The molecule has 6 nitrogen and oxygen atoms in total. The van der Waals surface area contributed by atoms with Crippen LogP contribution in [-0.2, 0) is 16.1 Å². The van der Waals surface area contributed by atoms with Crippen molar-refractivity contribution < 1.29 is 18.7 Å². The number of rotatable bonds is 6. The van der Waals surface area contributed by atoms with Crippen LogP contribution in [0.1, 0.15) is 19.4 Å². The van der Waals surface area contributed by atoms with Crippen molar-refractivity contribution in [1.29, 1.82) is 0 Å². The smallest absolute Gasteiger partial charge is 0.260 e. The lowest BCUT2D eigenvalue weighted by molar-refractivity contribution is -0.139. The van der Waals surface area contributed by atoms with Gasteiger partial charge in [-0.3, -0.25) is 9.69 Å². The maximum atomic E-state index is 13.2. The number of carbonyl (C=O) groups excluding carboxylic acids is 1. The van der Waals surface area contributed by atoms with E-state index in [2.05, 4.69) is 29.7 Å². The fraction of sp³-hybridized carbons (Fsp3) is 0.480. The van der Waals surface area contributed by atoms with Gasteiger partial charge in [-0.2, -0.15) is 0 Å². The van der Waals surface area contributed by atoms with Gasteiger partial charge in [0, 0.05) is 56.6 Å². The van der Waals surface area contributed by atoms with Gasteiger partial charge in [-0.05, 0) is 43.7 Å². The SMILES string of the molecule is CC1CN(C(=O)COc2cccc(N3CCOCC3)c2)C(C)CN1Cc1ccc(F)cc1. The van der Waals surface area contributed by atoms with Gasteiger partial charge in [0.25, 0.3) is 5.91 Å². The van der Waals surface area contributed by atoms with E-state index in [0.29, 0.717) is 12.3 Å². The Kier molecular flexibility index (Phi) is 7.27. The number of hydrogen-bond acceptors (Lipinski definition) is 5. The van der Waals surface area contributed by atoms with Crippen molar-refractivity contribution in [1.82, 2.24) is 9.80 Å². The lowest BCUT2D eigenvalue weighted by Gasteiger charge is -2.44. The number of anilines is 1. The second kappa shape index (κ2) is 10.3. The maximum absolute atomic E-state index is 13.2. The van der Waals surface area contributed by atoms with Crippen molar-refractivity contribution in [2.75, 3.05) is 50.9 Å². The first-order valence-corrected chi connectivity index (χ1v) is 11.3. The molecule has 2 aromatic rings. The van der Waals surface area contributed by atoms with E-state index in [1.165, 1.54) is 12.1 Å². The molecule has 2 fully saturated rings. The molecule has 0 aliphatic carbocycles. The number of amides is 1. The van der Waals surface area contributed by atoms with Gasteiger partial charge in [0.2, 0.25) is 0 Å². The summed E-state index contributed by atoms with van der Waals surface area (Å²) in [6, 6.07) is 14.8. The van der Waals surface area contributed by atoms with Crippen LogP contribution < -0.4 is 9.64 Å². The molecule has 2 aromatic carbocycles. The predicted molar refractivity (Wildman–Crippen MR) is 122 cm³/mol. The molecule has 2 aliphatic heterocycles. The summed E-state index contributed by atoms with van der Waals surface area (Å²) in [5.41, 5.74) is 2.17. The molecule has 2 aliphatic rings. The van der Waals surface area contributed by atoms with Gasteiger partial charge in [0.1, 0.15) is 11.6 Å². The van der Waals surface area contributed by atoms with Crippen LogP contribution in [0.3, 0.4) is 0 Å². The van der Waals surface area contributed by atoms with Gasteiger partial charge in [-0.1, -0.05) is 18.2 Å². The van der Waals surface area contributed by atoms with E-state index >= 15 is 0 Å². The van der Waals surface area contributed by atoms with Crippen molar-refractivity contribution in [3.8, 4) is 5.75 Å². The third-order valence-electron chi connectivity index (χ3n) is 6.29. The molecule has 172 valence electrons. The lowest BCUT2D eigenvalue weighted by atomic mass is 10.1. The summed E-state index contributed by atoms with van der Waals surface area (Å²) >= 11 is 0. The van der Waals surface area contributed by atoms with Crippen molar-refractivity contribution in [2.45, 2.75) is 32.5 Å². The van der Waals surface area contributed by atoms with E-state index in [-0.39, 0.29) is 30.4 Å². The Bertz CT molecular complexity index is 902. The second-order valence-electron chi connectivity index (χ2n) is 8.69. The van der Waals surface area contributed by atoms with Crippen LogP contribution in [0.5, 0.6) is 5.75 Å². The van der Waals surface area contributed by atoms with Gasteiger partial charge < -0.3 is 19.3 Å². The van der Waals surface area contributed by atoms with Gasteiger partial charge in [0.15, 0.2) is 6.61 Å². The molecule has 2 unspecified atom stereocenters. The molecule has 0 bridgehead atoms. The van der Waals surface area contributed by atoms with Crippen molar-refractivity contribution >= 4 is 11.6 Å². The molecule has 2 atom stereocenters. The first kappa shape index (κ1) is 22.6. The minimum absolute atomic E-state index is 0.00237. The van der Waals surface area contributed by atoms with E-state index in [4.69, 9.17) is 9.47 Å². The molecule has 0 saturated carbocycles. The molecular weight excluding hydrogens is 409 g/mol. The van der Waals surface area contributed by atoms with E-state index in [0.717, 1.165) is 50.6 Å². The molecule has 0 aromatic heterocycles. The van der Waals surface area contributed by atoms with Crippen molar-refractivity contribution in [2.24, 2.45) is 0 Å². The highest BCUT2D eigenvalue weighted by Gasteiger charge is 2.32. The van der Waals surface area contributed by atoms with Gasteiger partial charge >= 0.3 is 0 Å². The number of ether oxygens (including phenoxy) is 2. The highest BCUT2D eigenvalue weighted by molar-refractivity contribution is 5.78. The van der Waals surface area contributed by atoms with Crippen LogP contribution in [0.2, 0.25) is 0 Å². The fourth-order valence-electron chi connectivity index (χ4n) is 4.41. The van der Waals surface area contributed by atoms with Crippen LogP contribution in [0.4, 0.5) is 10.1 Å². The van der Waals surface area contributed by atoms with Crippen molar-refractivity contribution in [3.63, 3.8) is 0 Å². The molecule has 2 saturated heterocycles. The van der Waals surface area contributed by atoms with Crippen LogP contribution in [-0.4, -0.2) is 73.8 Å². The Morgan fingerprint density at radius 2 is 1.81 bits per heavy atom. The topological polar surface area (TPSA) is 45.3 Å². The average Bonchev–Trinajstić information content (AvgIpc) is 2.82. The fourth-order valence-corrected chi connectivity index (χ4v) is 4.41. The summed E-state index contributed by atoms with van der Waals surface area (Å²) in [7, 11) is 0. The van der Waals surface area contributed by atoms with Gasteiger partial charge in [-0.15, -0.1) is 0 Å². The molecule has 0 N–H and O–H groups in total. The Hall–Kier alpha value is -2.64. The van der Waals surface area contributed by atoms with E-state index in [1.54, 1.807) is 0 Å². The second-order valence-corrected chi connectivity index (χ2v) is 8.69. The summed E-state index contributed by atoms with van der Waals surface area (Å²) in [6.45, 7) is 9.58. The summed E-state index contributed by atoms with van der Waals surface area (Å²) < 4.78 is 24.5. The highest BCUT2D eigenvalue weighted by atomic mass is 19.1. The molecule has 1 amide bonds. The zero-order valence-electron chi connectivity index (χ0n) is 18.9. The number of hydrogen-bond donors (Lipinski definition) is 0. The van der Waals surface area contributed by atoms with Crippen molar-refractivity contribution in [3.05, 3.63) is 59.9 Å². The minimum Gasteiger partial charge on any atom is -0.484 e. The summed E-state index contributed by atoms with van der Waals surface area (Å²) in [5, 5.41) is 0. The molecular formula is C25H32FN3O3. The lowest BCUT2D eigenvalue weighted by Crippen LogP contribution is -2.58. The summed E-state index contributed by atoms with van der Waals surface area (Å²) in [6.07, 6.45) is 0. The Morgan fingerprint density at radius 3 is 2.56 bits per heavy atom. The van der Waals surface area contributed by atoms with Crippen LogP contribution in [0.15, 0.2) is 48.5 Å². The normalized spacial score (nSPS) is 22.1. The molecule has 4 rings (SSSR count). The quantitative estimate of drug-likeness (QED) is 0.689. The molecule has 32 heavy (non-hydrogen) atoms. The molecule has 2 heterocycles. The first-order valence-electron chi connectivity index (χ1n) is 11.3. The highest BCUT2D eigenvalue weighted by Crippen LogP contribution is 2.23. The first-order chi connectivity index (χ1) is 15.5. The molecule has 0 spiro atoms. The monoisotopic (exact) mass is 441 g/mol. The number of carbonyl (C=O) groups is 1. The van der Waals surface area contributed by atoms with E-state index < -0.39 is 0 Å². The number of benzene rings is 2. The summed E-state index contributed by atoms with van der Waals surface area (Å²) in [4.78, 5) is 19.5. The van der Waals surface area contributed by atoms with Gasteiger partial charge in [0.05, 0.1) is 13.2 Å². The van der Waals surface area contributed by atoms with Crippen LogP contribution >= 0.6 is 0 Å². The summed E-state index contributed by atoms with van der Waals surface area (Å²) in [5.74, 6) is 0.488. The maximum Gasteiger partial charge on any atom is 0.260 e. The van der Waals surface area contributed by atoms with Crippen LogP contribution in [0, 0.1) is 5.82 Å². The largest absolute Gasteiger partial charge is 0.484 e. The predicted octanol–water partition coefficient (Wildman–Crippen LogP) is 3.16. The Balaban J connectivity index is 1.30. The molecule has 7 heteroatoms. The van der Waals surface area contributed by atoms with Crippen LogP contribution in [0.25, 0.3) is 0 Å². The zero-order chi connectivity index (χ0) is 22.5. The number of morpholine rings is 1. The van der Waals surface area contributed by atoms with Gasteiger partial charge in [-0.25, -0.2) is 4.39 Å². The standard InChI is InChI=1S/C25H32FN3O3/c1-19-16-29(20(2)15-28(19)17-21-6-8-22(26)9-7-21)25(30)18-32-24-5-3-4-23(14-24)27-10-12-31-13-11-27/h3-9,14,19-20H,10-13,15-18H2,1-2H3. The average molecular weight is 442 g/mol. The zero-order valence-corrected chi connectivity index (χ0v) is 18.9. The number of piperazine rings is 1. The third kappa shape index (κ3) is 5.58. The number of nitrogens with zero attached hydrogens (tertiary/aromatic N) is 3. The Morgan fingerprint density at radius 1 is 1.06 bits per heavy atom. The molecule has 0 radical (unpaired) electrons. The number of halogens is 1.